The minimum absolute atomic E-state index is 0.887. The molecule has 3 heteroatoms. The highest BCUT2D eigenvalue weighted by Gasteiger charge is 1.95. The second-order valence-corrected chi connectivity index (χ2v) is 3.84. The average Bonchev–Trinajstić information content (AvgIpc) is 2.63. The zero-order valence-corrected chi connectivity index (χ0v) is 9.83. The number of nitrogens with one attached hydrogen (secondary N) is 1. The number of methoxy groups -OCH3 is 1. The number of aryl methyl sites for hydroxylation is 1. The number of hydrogen-bond acceptors (Lipinski definition) is 2. The molecule has 1 aromatic heterocycles. The van der Waals surface area contributed by atoms with E-state index in [-0.39, 0.29) is 0 Å². The first-order valence-electron chi connectivity index (χ1n) is 5.64. The minimum Gasteiger partial charge on any atom is -0.385 e. The first-order chi connectivity index (χ1) is 7.34. The van der Waals surface area contributed by atoms with Crippen molar-refractivity contribution >= 4 is 0 Å². The monoisotopic (exact) mass is 210 g/mol. The molecule has 0 aliphatic heterocycles. The number of aromatic nitrogens is 1. The van der Waals surface area contributed by atoms with Gasteiger partial charge in [0.2, 0.25) is 0 Å². The van der Waals surface area contributed by atoms with Gasteiger partial charge in [-0.3, -0.25) is 0 Å². The molecule has 15 heavy (non-hydrogen) atoms. The lowest BCUT2D eigenvalue weighted by atomic mass is 10.2. The Morgan fingerprint density at radius 3 is 2.87 bits per heavy atom. The van der Waals surface area contributed by atoms with Crippen molar-refractivity contribution < 1.29 is 4.74 Å². The Bertz CT molecular complexity index is 258. The van der Waals surface area contributed by atoms with Crippen molar-refractivity contribution in [2.24, 2.45) is 7.05 Å². The smallest absolute Gasteiger partial charge is 0.0462 e. The molecule has 0 saturated heterocycles. The van der Waals surface area contributed by atoms with Crippen molar-refractivity contribution in [2.75, 3.05) is 20.3 Å². The van der Waals surface area contributed by atoms with E-state index in [0.29, 0.717) is 0 Å². The van der Waals surface area contributed by atoms with Crippen LogP contribution in [-0.4, -0.2) is 24.8 Å². The van der Waals surface area contributed by atoms with E-state index in [1.807, 2.05) is 0 Å². The molecule has 0 spiro atoms. The van der Waals surface area contributed by atoms with Gasteiger partial charge in [0.1, 0.15) is 0 Å². The van der Waals surface area contributed by atoms with Gasteiger partial charge in [0.25, 0.3) is 0 Å². The maximum Gasteiger partial charge on any atom is 0.0462 e. The van der Waals surface area contributed by atoms with E-state index in [2.05, 4.69) is 35.3 Å². The minimum atomic E-state index is 0.887. The van der Waals surface area contributed by atoms with E-state index < -0.39 is 0 Å². The molecule has 0 unspecified atom stereocenters. The van der Waals surface area contributed by atoms with Crippen LogP contribution >= 0.6 is 0 Å². The molecule has 0 bridgehead atoms. The van der Waals surface area contributed by atoms with Crippen LogP contribution in [0.4, 0.5) is 0 Å². The van der Waals surface area contributed by atoms with Crippen LogP contribution in [0.2, 0.25) is 0 Å². The summed E-state index contributed by atoms with van der Waals surface area (Å²) in [6, 6.07) is 4.23. The van der Waals surface area contributed by atoms with Crippen LogP contribution in [-0.2, 0) is 18.3 Å². The summed E-state index contributed by atoms with van der Waals surface area (Å²) in [4.78, 5) is 0. The van der Waals surface area contributed by atoms with Crippen LogP contribution in [0.15, 0.2) is 18.3 Å². The first-order valence-corrected chi connectivity index (χ1v) is 5.64. The zero-order valence-electron chi connectivity index (χ0n) is 9.83. The molecule has 0 aromatic carbocycles. The molecule has 0 aliphatic carbocycles. The standard InChI is InChI=1S/C12H22N2O/c1-14-9-6-7-12(14)11-13-8-4-3-5-10-15-2/h6-7,9,13H,3-5,8,10-11H2,1-2H3. The zero-order chi connectivity index (χ0) is 10.9. The Hall–Kier alpha value is -0.800. The summed E-state index contributed by atoms with van der Waals surface area (Å²) in [7, 11) is 3.84. The highest BCUT2D eigenvalue weighted by atomic mass is 16.5. The summed E-state index contributed by atoms with van der Waals surface area (Å²) < 4.78 is 7.15. The number of unbranched alkanes of at least 4 members (excludes halogenated alkanes) is 2. The summed E-state index contributed by atoms with van der Waals surface area (Å²) >= 11 is 0. The molecular formula is C12H22N2O. The maximum atomic E-state index is 5.00. The highest BCUT2D eigenvalue weighted by molar-refractivity contribution is 5.05. The van der Waals surface area contributed by atoms with Gasteiger partial charge in [0.15, 0.2) is 0 Å². The van der Waals surface area contributed by atoms with Crippen molar-refractivity contribution in [3.05, 3.63) is 24.0 Å². The van der Waals surface area contributed by atoms with E-state index in [9.17, 15) is 0 Å². The highest BCUT2D eigenvalue weighted by Crippen LogP contribution is 1.99. The van der Waals surface area contributed by atoms with E-state index in [4.69, 9.17) is 4.74 Å². The predicted molar refractivity (Wildman–Crippen MR) is 62.8 cm³/mol. The van der Waals surface area contributed by atoms with Crippen LogP contribution in [0.3, 0.4) is 0 Å². The fourth-order valence-electron chi connectivity index (χ4n) is 1.57. The van der Waals surface area contributed by atoms with Crippen LogP contribution in [0.1, 0.15) is 25.0 Å². The fourth-order valence-corrected chi connectivity index (χ4v) is 1.57. The van der Waals surface area contributed by atoms with Gasteiger partial charge in [0.05, 0.1) is 0 Å². The summed E-state index contributed by atoms with van der Waals surface area (Å²) in [5.74, 6) is 0. The Kier molecular flexibility index (Phi) is 6.12. The van der Waals surface area contributed by atoms with Gasteiger partial charge in [-0.15, -0.1) is 0 Å². The molecule has 1 aromatic rings. The Morgan fingerprint density at radius 1 is 1.33 bits per heavy atom. The van der Waals surface area contributed by atoms with Crippen molar-refractivity contribution in [3.8, 4) is 0 Å². The topological polar surface area (TPSA) is 26.2 Å². The quantitative estimate of drug-likeness (QED) is 0.664. The van der Waals surface area contributed by atoms with E-state index in [1.54, 1.807) is 7.11 Å². The summed E-state index contributed by atoms with van der Waals surface area (Å²) in [5, 5.41) is 3.44. The van der Waals surface area contributed by atoms with Gasteiger partial charge in [0, 0.05) is 39.2 Å². The summed E-state index contributed by atoms with van der Waals surface area (Å²) in [5.41, 5.74) is 1.34. The van der Waals surface area contributed by atoms with Gasteiger partial charge in [-0.2, -0.15) is 0 Å². The van der Waals surface area contributed by atoms with Gasteiger partial charge in [-0.1, -0.05) is 0 Å². The fraction of sp³-hybridized carbons (Fsp3) is 0.667. The van der Waals surface area contributed by atoms with Crippen molar-refractivity contribution in [3.63, 3.8) is 0 Å². The van der Waals surface area contributed by atoms with Crippen LogP contribution in [0.25, 0.3) is 0 Å². The largest absolute Gasteiger partial charge is 0.385 e. The molecule has 0 radical (unpaired) electrons. The molecule has 1 rings (SSSR count). The number of nitrogens with zero attached hydrogens (tertiary/aromatic N) is 1. The number of rotatable bonds is 8. The Balaban J connectivity index is 1.96. The third-order valence-corrected chi connectivity index (χ3v) is 2.56. The second-order valence-electron chi connectivity index (χ2n) is 3.84. The average molecular weight is 210 g/mol. The molecule has 1 N–H and O–H groups in total. The van der Waals surface area contributed by atoms with Gasteiger partial charge < -0.3 is 14.6 Å². The van der Waals surface area contributed by atoms with Crippen LogP contribution < -0.4 is 5.32 Å². The van der Waals surface area contributed by atoms with Crippen molar-refractivity contribution in [2.45, 2.75) is 25.8 Å². The molecule has 0 atom stereocenters. The molecule has 0 aliphatic rings. The van der Waals surface area contributed by atoms with Gasteiger partial charge in [-0.25, -0.2) is 0 Å². The predicted octanol–water partition coefficient (Wildman–Crippen LogP) is 1.93. The first kappa shape index (κ1) is 12.3. The summed E-state index contributed by atoms with van der Waals surface area (Å²) in [6.07, 6.45) is 5.72. The normalized spacial score (nSPS) is 10.8. The van der Waals surface area contributed by atoms with E-state index >= 15 is 0 Å². The Labute approximate surface area is 92.4 Å². The van der Waals surface area contributed by atoms with Crippen molar-refractivity contribution in [1.82, 2.24) is 9.88 Å². The van der Waals surface area contributed by atoms with Crippen molar-refractivity contribution in [1.29, 1.82) is 0 Å². The lowest BCUT2D eigenvalue weighted by Crippen LogP contribution is -2.16. The third-order valence-electron chi connectivity index (χ3n) is 2.56. The molecule has 1 heterocycles. The second kappa shape index (κ2) is 7.49. The van der Waals surface area contributed by atoms with Crippen LogP contribution in [0.5, 0.6) is 0 Å². The molecule has 0 amide bonds. The summed E-state index contributed by atoms with van der Waals surface area (Å²) in [6.45, 7) is 2.94. The SMILES string of the molecule is COCCCCCNCc1cccn1C. The molecular weight excluding hydrogens is 188 g/mol. The molecule has 3 nitrogen and oxygen atoms in total. The van der Waals surface area contributed by atoms with Crippen LogP contribution in [0, 0.1) is 0 Å². The third kappa shape index (κ3) is 5.00. The maximum absolute atomic E-state index is 5.00. The number of ether oxygens (including phenoxy) is 1. The van der Waals surface area contributed by atoms with Gasteiger partial charge >= 0.3 is 0 Å². The lowest BCUT2D eigenvalue weighted by molar-refractivity contribution is 0.192. The lowest BCUT2D eigenvalue weighted by Gasteiger charge is -2.05. The molecule has 86 valence electrons. The molecule has 0 saturated carbocycles. The number of hydrogen-bond donors (Lipinski definition) is 1. The Morgan fingerprint density at radius 2 is 2.20 bits per heavy atom. The van der Waals surface area contributed by atoms with Gasteiger partial charge in [-0.05, 0) is 37.9 Å². The van der Waals surface area contributed by atoms with E-state index in [0.717, 1.165) is 19.7 Å². The molecule has 0 fully saturated rings. The van der Waals surface area contributed by atoms with E-state index in [1.165, 1.54) is 25.0 Å².